The summed E-state index contributed by atoms with van der Waals surface area (Å²) in [5.74, 6) is 1.64. The highest BCUT2D eigenvalue weighted by Gasteiger charge is 2.05. The molecule has 3 nitrogen and oxygen atoms in total. The Morgan fingerprint density at radius 1 is 1.00 bits per heavy atom. The van der Waals surface area contributed by atoms with Gasteiger partial charge < -0.3 is 14.2 Å². The lowest BCUT2D eigenvalue weighted by Gasteiger charge is -2.12. The van der Waals surface area contributed by atoms with Gasteiger partial charge in [0.25, 0.3) is 0 Å². The highest BCUT2D eigenvalue weighted by Crippen LogP contribution is 2.28. The van der Waals surface area contributed by atoms with Crippen molar-refractivity contribution in [2.24, 2.45) is 0 Å². The molecule has 0 N–H and O–H groups in total. The van der Waals surface area contributed by atoms with Crippen LogP contribution in [0.4, 0.5) is 0 Å². The number of hydrogen-bond donors (Lipinski definition) is 0. The molecule has 108 valence electrons. The van der Waals surface area contributed by atoms with Crippen molar-refractivity contribution in [3.8, 4) is 11.5 Å². The van der Waals surface area contributed by atoms with Crippen LogP contribution in [0.3, 0.4) is 0 Å². The first kappa shape index (κ1) is 15.8. The molecule has 0 radical (unpaired) electrons. The van der Waals surface area contributed by atoms with Gasteiger partial charge in [0.1, 0.15) is 0 Å². The van der Waals surface area contributed by atoms with Crippen LogP contribution in [0, 0.1) is 0 Å². The first-order valence-electron chi connectivity index (χ1n) is 7.19. The second-order valence-corrected chi connectivity index (χ2v) is 4.49. The molecule has 0 saturated heterocycles. The van der Waals surface area contributed by atoms with Crippen LogP contribution in [0.25, 0.3) is 0 Å². The van der Waals surface area contributed by atoms with Crippen molar-refractivity contribution >= 4 is 0 Å². The van der Waals surface area contributed by atoms with Crippen molar-refractivity contribution in [2.75, 3.05) is 26.9 Å². The Balaban J connectivity index is 2.52. The van der Waals surface area contributed by atoms with E-state index in [0.29, 0.717) is 6.61 Å². The Hall–Kier alpha value is -1.22. The molecule has 0 aliphatic rings. The third-order valence-electron chi connectivity index (χ3n) is 2.94. The van der Waals surface area contributed by atoms with E-state index in [-0.39, 0.29) is 0 Å². The first-order valence-corrected chi connectivity index (χ1v) is 7.19. The lowest BCUT2D eigenvalue weighted by molar-refractivity contribution is 0.130. The summed E-state index contributed by atoms with van der Waals surface area (Å²) in [6, 6.07) is 6.19. The fraction of sp³-hybridized carbons (Fsp3) is 0.625. The smallest absolute Gasteiger partial charge is 0.161 e. The second kappa shape index (κ2) is 9.68. The minimum Gasteiger partial charge on any atom is -0.493 e. The van der Waals surface area contributed by atoms with Crippen molar-refractivity contribution in [1.82, 2.24) is 0 Å². The molecule has 0 aliphatic heterocycles. The van der Waals surface area contributed by atoms with Crippen LogP contribution in [-0.4, -0.2) is 26.9 Å². The van der Waals surface area contributed by atoms with Gasteiger partial charge in [0, 0.05) is 19.6 Å². The number of aryl methyl sites for hydroxylation is 1. The molecule has 0 bridgehead atoms. The SMILES string of the molecule is CCCCc1ccc(OC)c(OCCCOCC)c1. The van der Waals surface area contributed by atoms with E-state index in [1.807, 2.05) is 13.0 Å². The fourth-order valence-electron chi connectivity index (χ4n) is 1.86. The van der Waals surface area contributed by atoms with Gasteiger partial charge in [0.2, 0.25) is 0 Å². The summed E-state index contributed by atoms with van der Waals surface area (Å²) in [7, 11) is 1.67. The van der Waals surface area contributed by atoms with Crippen LogP contribution in [-0.2, 0) is 11.2 Å². The van der Waals surface area contributed by atoms with Crippen LogP contribution < -0.4 is 9.47 Å². The van der Waals surface area contributed by atoms with E-state index in [4.69, 9.17) is 14.2 Å². The summed E-state index contributed by atoms with van der Waals surface area (Å²) < 4.78 is 16.4. The Kier molecular flexibility index (Phi) is 8.07. The lowest BCUT2D eigenvalue weighted by atomic mass is 10.1. The van der Waals surface area contributed by atoms with E-state index in [9.17, 15) is 0 Å². The highest BCUT2D eigenvalue weighted by atomic mass is 16.5. The molecule has 19 heavy (non-hydrogen) atoms. The Morgan fingerprint density at radius 3 is 2.53 bits per heavy atom. The number of unbranched alkanes of at least 4 members (excludes halogenated alkanes) is 1. The number of hydrogen-bond acceptors (Lipinski definition) is 3. The summed E-state index contributed by atoms with van der Waals surface area (Å²) in [5.41, 5.74) is 1.31. The zero-order chi connectivity index (χ0) is 13.9. The number of benzene rings is 1. The monoisotopic (exact) mass is 266 g/mol. The van der Waals surface area contributed by atoms with Gasteiger partial charge in [-0.05, 0) is 37.5 Å². The van der Waals surface area contributed by atoms with Crippen molar-refractivity contribution < 1.29 is 14.2 Å². The zero-order valence-electron chi connectivity index (χ0n) is 12.4. The van der Waals surface area contributed by atoms with Gasteiger partial charge in [0.05, 0.1) is 13.7 Å². The molecule has 0 aliphatic carbocycles. The van der Waals surface area contributed by atoms with E-state index in [1.54, 1.807) is 7.11 Å². The van der Waals surface area contributed by atoms with Gasteiger partial charge in [-0.25, -0.2) is 0 Å². The molecule has 0 aromatic heterocycles. The normalized spacial score (nSPS) is 10.5. The van der Waals surface area contributed by atoms with Gasteiger partial charge in [-0.15, -0.1) is 0 Å². The predicted octanol–water partition coefficient (Wildman–Crippen LogP) is 3.84. The van der Waals surface area contributed by atoms with E-state index in [0.717, 1.165) is 37.6 Å². The molecule has 0 atom stereocenters. The Morgan fingerprint density at radius 2 is 1.84 bits per heavy atom. The highest BCUT2D eigenvalue weighted by molar-refractivity contribution is 5.43. The molecule has 1 aromatic rings. The van der Waals surface area contributed by atoms with Crippen LogP contribution in [0.1, 0.15) is 38.7 Å². The van der Waals surface area contributed by atoms with Crippen LogP contribution >= 0.6 is 0 Å². The summed E-state index contributed by atoms with van der Waals surface area (Å²) in [5, 5.41) is 0. The van der Waals surface area contributed by atoms with E-state index < -0.39 is 0 Å². The van der Waals surface area contributed by atoms with Gasteiger partial charge >= 0.3 is 0 Å². The van der Waals surface area contributed by atoms with Gasteiger partial charge in [-0.3, -0.25) is 0 Å². The maximum Gasteiger partial charge on any atom is 0.161 e. The fourth-order valence-corrected chi connectivity index (χ4v) is 1.86. The topological polar surface area (TPSA) is 27.7 Å². The molecule has 0 heterocycles. The van der Waals surface area contributed by atoms with Crippen molar-refractivity contribution in [3.63, 3.8) is 0 Å². The molecule has 3 heteroatoms. The molecular formula is C16H26O3. The molecule has 0 fully saturated rings. The minimum atomic E-state index is 0.660. The largest absolute Gasteiger partial charge is 0.493 e. The van der Waals surface area contributed by atoms with Gasteiger partial charge in [0.15, 0.2) is 11.5 Å². The standard InChI is InChI=1S/C16H26O3/c1-4-6-8-14-9-10-15(17-3)16(13-14)19-12-7-11-18-5-2/h9-10,13H,4-8,11-12H2,1-3H3. The third-order valence-corrected chi connectivity index (χ3v) is 2.94. The summed E-state index contributed by atoms with van der Waals surface area (Å²) in [6.45, 7) is 6.37. The lowest BCUT2D eigenvalue weighted by Crippen LogP contribution is -2.04. The average molecular weight is 266 g/mol. The molecule has 1 aromatic carbocycles. The van der Waals surface area contributed by atoms with E-state index >= 15 is 0 Å². The third kappa shape index (κ3) is 5.97. The van der Waals surface area contributed by atoms with Gasteiger partial charge in [-0.2, -0.15) is 0 Å². The molecule has 1 rings (SSSR count). The Labute approximate surface area is 116 Å². The maximum absolute atomic E-state index is 5.79. The molecule has 0 unspecified atom stereocenters. The maximum atomic E-state index is 5.79. The van der Waals surface area contributed by atoms with Crippen LogP contribution in [0.15, 0.2) is 18.2 Å². The molecule has 0 spiro atoms. The second-order valence-electron chi connectivity index (χ2n) is 4.49. The van der Waals surface area contributed by atoms with E-state index in [2.05, 4.69) is 19.1 Å². The van der Waals surface area contributed by atoms with Gasteiger partial charge in [-0.1, -0.05) is 19.4 Å². The van der Waals surface area contributed by atoms with E-state index in [1.165, 1.54) is 18.4 Å². The summed E-state index contributed by atoms with van der Waals surface area (Å²) in [6.07, 6.45) is 4.40. The summed E-state index contributed by atoms with van der Waals surface area (Å²) >= 11 is 0. The first-order chi connectivity index (χ1) is 9.31. The average Bonchev–Trinajstić information content (AvgIpc) is 2.45. The summed E-state index contributed by atoms with van der Waals surface area (Å²) in [4.78, 5) is 0. The molecule has 0 amide bonds. The quantitative estimate of drug-likeness (QED) is 0.602. The zero-order valence-corrected chi connectivity index (χ0v) is 12.4. The molecular weight excluding hydrogens is 240 g/mol. The van der Waals surface area contributed by atoms with Crippen LogP contribution in [0.5, 0.6) is 11.5 Å². The predicted molar refractivity (Wildman–Crippen MR) is 78.2 cm³/mol. The number of rotatable bonds is 10. The number of ether oxygens (including phenoxy) is 3. The minimum absolute atomic E-state index is 0.660. The van der Waals surface area contributed by atoms with Crippen molar-refractivity contribution in [3.05, 3.63) is 23.8 Å². The molecule has 0 saturated carbocycles. The van der Waals surface area contributed by atoms with Crippen LogP contribution in [0.2, 0.25) is 0 Å². The van der Waals surface area contributed by atoms with Crippen molar-refractivity contribution in [2.45, 2.75) is 39.5 Å². The Bertz CT molecular complexity index is 350. The number of methoxy groups -OCH3 is 1. The van der Waals surface area contributed by atoms with Crippen molar-refractivity contribution in [1.29, 1.82) is 0 Å².